The number of hydrazone groups is 1. The third-order valence-corrected chi connectivity index (χ3v) is 4.39. The SMILES string of the molecule is CCCOc1ccc2ccccc2c1/C=N/NC(=O)c1ccc(Br)cc1. The molecule has 0 heterocycles. The maximum absolute atomic E-state index is 12.2. The zero-order chi connectivity index (χ0) is 18.4. The average Bonchev–Trinajstić information content (AvgIpc) is 2.67. The van der Waals surface area contributed by atoms with Gasteiger partial charge in [0.15, 0.2) is 0 Å². The zero-order valence-electron chi connectivity index (χ0n) is 14.4. The third-order valence-electron chi connectivity index (χ3n) is 3.86. The van der Waals surface area contributed by atoms with E-state index in [4.69, 9.17) is 4.74 Å². The van der Waals surface area contributed by atoms with Crippen LogP contribution in [0.25, 0.3) is 10.8 Å². The summed E-state index contributed by atoms with van der Waals surface area (Å²) in [6, 6.07) is 19.1. The minimum Gasteiger partial charge on any atom is -0.493 e. The van der Waals surface area contributed by atoms with Gasteiger partial charge in [0.25, 0.3) is 5.91 Å². The summed E-state index contributed by atoms with van der Waals surface area (Å²) in [5, 5.41) is 6.27. The van der Waals surface area contributed by atoms with Crippen LogP contribution < -0.4 is 10.2 Å². The molecule has 0 radical (unpaired) electrons. The van der Waals surface area contributed by atoms with E-state index in [-0.39, 0.29) is 5.91 Å². The summed E-state index contributed by atoms with van der Waals surface area (Å²) in [6.45, 7) is 2.69. The van der Waals surface area contributed by atoms with E-state index in [1.807, 2.05) is 48.5 Å². The molecule has 3 aromatic rings. The lowest BCUT2D eigenvalue weighted by molar-refractivity contribution is 0.0955. The number of benzene rings is 3. The highest BCUT2D eigenvalue weighted by Gasteiger charge is 2.08. The molecule has 0 fully saturated rings. The number of nitrogens with one attached hydrogen (secondary N) is 1. The van der Waals surface area contributed by atoms with Crippen molar-refractivity contribution in [1.29, 1.82) is 0 Å². The molecule has 0 aliphatic rings. The second kappa shape index (κ2) is 8.63. The van der Waals surface area contributed by atoms with Crippen LogP contribution in [0.1, 0.15) is 29.3 Å². The molecule has 5 heteroatoms. The van der Waals surface area contributed by atoms with Crippen molar-refractivity contribution < 1.29 is 9.53 Å². The molecule has 0 saturated carbocycles. The van der Waals surface area contributed by atoms with Gasteiger partial charge >= 0.3 is 0 Å². The molecule has 4 nitrogen and oxygen atoms in total. The van der Waals surface area contributed by atoms with Gasteiger partial charge in [-0.25, -0.2) is 5.43 Å². The molecule has 132 valence electrons. The Kier molecular flexibility index (Phi) is 6.02. The Morgan fingerprint density at radius 1 is 1.12 bits per heavy atom. The number of fused-ring (bicyclic) bond motifs is 1. The Morgan fingerprint density at radius 3 is 2.65 bits per heavy atom. The number of ether oxygens (including phenoxy) is 1. The van der Waals surface area contributed by atoms with E-state index >= 15 is 0 Å². The fourth-order valence-electron chi connectivity index (χ4n) is 2.57. The number of carbonyl (C=O) groups is 1. The quantitative estimate of drug-likeness (QED) is 0.450. The van der Waals surface area contributed by atoms with E-state index < -0.39 is 0 Å². The van der Waals surface area contributed by atoms with Crippen LogP contribution in [0.3, 0.4) is 0 Å². The molecule has 0 atom stereocenters. The fourth-order valence-corrected chi connectivity index (χ4v) is 2.83. The number of hydrogen-bond acceptors (Lipinski definition) is 3. The molecule has 0 bridgehead atoms. The topological polar surface area (TPSA) is 50.7 Å². The van der Waals surface area contributed by atoms with Crippen molar-refractivity contribution in [2.45, 2.75) is 13.3 Å². The summed E-state index contributed by atoms with van der Waals surface area (Å²) in [4.78, 5) is 12.2. The van der Waals surface area contributed by atoms with E-state index in [1.165, 1.54) is 0 Å². The molecule has 0 saturated heterocycles. The molecule has 0 spiro atoms. The minimum absolute atomic E-state index is 0.259. The third kappa shape index (κ3) is 4.29. The molecule has 0 aliphatic carbocycles. The van der Waals surface area contributed by atoms with E-state index in [0.717, 1.165) is 33.0 Å². The predicted octanol–water partition coefficient (Wildman–Crippen LogP) is 5.16. The first kappa shape index (κ1) is 18.1. The minimum atomic E-state index is -0.259. The number of hydrogen-bond donors (Lipinski definition) is 1. The highest BCUT2D eigenvalue weighted by molar-refractivity contribution is 9.10. The van der Waals surface area contributed by atoms with Crippen LogP contribution in [0.5, 0.6) is 5.75 Å². The second-order valence-corrected chi connectivity index (χ2v) is 6.67. The summed E-state index contributed by atoms with van der Waals surface area (Å²) in [7, 11) is 0. The zero-order valence-corrected chi connectivity index (χ0v) is 16.0. The van der Waals surface area contributed by atoms with Crippen molar-refractivity contribution in [2.75, 3.05) is 6.61 Å². The first-order valence-corrected chi connectivity index (χ1v) is 9.22. The van der Waals surface area contributed by atoms with Crippen molar-refractivity contribution in [2.24, 2.45) is 5.10 Å². The van der Waals surface area contributed by atoms with Crippen LogP contribution in [0, 0.1) is 0 Å². The van der Waals surface area contributed by atoms with Crippen LogP contribution in [0.4, 0.5) is 0 Å². The summed E-state index contributed by atoms with van der Waals surface area (Å²) < 4.78 is 6.76. The highest BCUT2D eigenvalue weighted by atomic mass is 79.9. The van der Waals surface area contributed by atoms with Crippen LogP contribution in [0.2, 0.25) is 0 Å². The number of nitrogens with zero attached hydrogens (tertiary/aromatic N) is 1. The number of halogens is 1. The Hall–Kier alpha value is -2.66. The summed E-state index contributed by atoms with van der Waals surface area (Å²) in [5.41, 5.74) is 3.98. The van der Waals surface area contributed by atoms with Gasteiger partial charge in [-0.05, 0) is 47.5 Å². The molecular formula is C21H19BrN2O2. The van der Waals surface area contributed by atoms with Crippen molar-refractivity contribution in [3.63, 3.8) is 0 Å². The molecule has 3 rings (SSSR count). The first-order chi connectivity index (χ1) is 12.7. The van der Waals surface area contributed by atoms with Gasteiger partial charge in [0.05, 0.1) is 12.8 Å². The molecule has 26 heavy (non-hydrogen) atoms. The van der Waals surface area contributed by atoms with Crippen molar-refractivity contribution in [3.8, 4) is 5.75 Å². The largest absolute Gasteiger partial charge is 0.493 e. The summed E-state index contributed by atoms with van der Waals surface area (Å²) in [6.07, 6.45) is 2.56. The molecule has 1 N–H and O–H groups in total. The predicted molar refractivity (Wildman–Crippen MR) is 109 cm³/mol. The number of rotatable bonds is 6. The maximum Gasteiger partial charge on any atom is 0.271 e. The Morgan fingerprint density at radius 2 is 1.88 bits per heavy atom. The van der Waals surface area contributed by atoms with E-state index in [9.17, 15) is 4.79 Å². The van der Waals surface area contributed by atoms with Gasteiger partial charge in [0.1, 0.15) is 5.75 Å². The van der Waals surface area contributed by atoms with Gasteiger partial charge in [-0.1, -0.05) is 53.2 Å². The monoisotopic (exact) mass is 410 g/mol. The van der Waals surface area contributed by atoms with Crippen LogP contribution >= 0.6 is 15.9 Å². The molecule has 0 unspecified atom stereocenters. The Labute approximate surface area is 161 Å². The van der Waals surface area contributed by atoms with Gasteiger partial charge in [0, 0.05) is 15.6 Å². The van der Waals surface area contributed by atoms with E-state index in [2.05, 4.69) is 33.4 Å². The standard InChI is InChI=1S/C21H19BrN2O2/c1-2-13-26-20-12-9-15-5-3-4-6-18(15)19(20)14-23-24-21(25)16-7-10-17(22)11-8-16/h3-12,14H,2,13H2,1H3,(H,24,25)/b23-14+. The fraction of sp³-hybridized carbons (Fsp3) is 0.143. The van der Waals surface area contributed by atoms with Gasteiger partial charge in [0.2, 0.25) is 0 Å². The highest BCUT2D eigenvalue weighted by Crippen LogP contribution is 2.26. The van der Waals surface area contributed by atoms with Crippen LogP contribution in [-0.2, 0) is 0 Å². The lowest BCUT2D eigenvalue weighted by Gasteiger charge is -2.11. The first-order valence-electron chi connectivity index (χ1n) is 8.42. The normalized spacial score (nSPS) is 11.0. The van der Waals surface area contributed by atoms with Crippen LogP contribution in [0.15, 0.2) is 70.2 Å². The van der Waals surface area contributed by atoms with E-state index in [0.29, 0.717) is 12.2 Å². The van der Waals surface area contributed by atoms with E-state index in [1.54, 1.807) is 18.3 Å². The number of carbonyl (C=O) groups excluding carboxylic acids is 1. The lowest BCUT2D eigenvalue weighted by atomic mass is 10.0. The van der Waals surface area contributed by atoms with Crippen molar-refractivity contribution in [3.05, 3.63) is 76.3 Å². The molecule has 0 aromatic heterocycles. The number of amides is 1. The van der Waals surface area contributed by atoms with Gasteiger partial charge < -0.3 is 4.74 Å². The molecular weight excluding hydrogens is 392 g/mol. The van der Waals surface area contributed by atoms with Crippen molar-refractivity contribution >= 4 is 38.8 Å². The molecule has 1 amide bonds. The lowest BCUT2D eigenvalue weighted by Crippen LogP contribution is -2.17. The average molecular weight is 411 g/mol. The summed E-state index contributed by atoms with van der Waals surface area (Å²) >= 11 is 3.35. The molecule has 0 aliphatic heterocycles. The second-order valence-electron chi connectivity index (χ2n) is 5.75. The molecule has 3 aromatic carbocycles. The van der Waals surface area contributed by atoms with Gasteiger partial charge in [-0.3, -0.25) is 4.79 Å². The Bertz CT molecular complexity index is 936. The van der Waals surface area contributed by atoms with Gasteiger partial charge in [-0.15, -0.1) is 0 Å². The van der Waals surface area contributed by atoms with Gasteiger partial charge in [-0.2, -0.15) is 5.10 Å². The maximum atomic E-state index is 12.2. The Balaban J connectivity index is 1.85. The summed E-state index contributed by atoms with van der Waals surface area (Å²) in [5.74, 6) is 0.497. The smallest absolute Gasteiger partial charge is 0.271 e. The van der Waals surface area contributed by atoms with Crippen LogP contribution in [-0.4, -0.2) is 18.7 Å². The van der Waals surface area contributed by atoms with Crippen molar-refractivity contribution in [1.82, 2.24) is 5.43 Å².